The summed E-state index contributed by atoms with van der Waals surface area (Å²) in [5, 5.41) is 1.19. The van der Waals surface area contributed by atoms with Gasteiger partial charge in [-0.15, -0.1) is 0 Å². The Labute approximate surface area is 72.5 Å². The molecule has 0 N–H and O–H groups in total. The monoisotopic (exact) mass is 204 g/mol. The lowest BCUT2D eigenvalue weighted by molar-refractivity contribution is 0.159. The predicted octanol–water partition coefficient (Wildman–Crippen LogP) is 3.60. The van der Waals surface area contributed by atoms with Gasteiger partial charge in [-0.3, -0.25) is 0 Å². The van der Waals surface area contributed by atoms with Crippen molar-refractivity contribution in [3.63, 3.8) is 0 Å². The summed E-state index contributed by atoms with van der Waals surface area (Å²) in [6, 6.07) is 0. The third-order valence-electron chi connectivity index (χ3n) is 2.92. The van der Waals surface area contributed by atoms with E-state index >= 15 is 0 Å². The number of hydrogen-bond acceptors (Lipinski definition) is 0. The second-order valence-electron chi connectivity index (χ2n) is 4.09. The molecule has 1 atom stereocenters. The summed E-state index contributed by atoms with van der Waals surface area (Å²) in [6.07, 6.45) is 5.73. The molecular formula is C9H17Br. The van der Waals surface area contributed by atoms with Crippen LogP contribution >= 0.6 is 15.9 Å². The van der Waals surface area contributed by atoms with Crippen molar-refractivity contribution < 1.29 is 0 Å². The van der Waals surface area contributed by atoms with Gasteiger partial charge in [0.25, 0.3) is 0 Å². The van der Waals surface area contributed by atoms with Gasteiger partial charge in [-0.25, -0.2) is 0 Å². The van der Waals surface area contributed by atoms with Crippen LogP contribution < -0.4 is 0 Å². The van der Waals surface area contributed by atoms with Crippen molar-refractivity contribution in [2.24, 2.45) is 11.3 Å². The first-order valence-electron chi connectivity index (χ1n) is 4.23. The number of halogens is 1. The Morgan fingerprint density at radius 1 is 1.40 bits per heavy atom. The van der Waals surface area contributed by atoms with Crippen LogP contribution in [-0.4, -0.2) is 5.33 Å². The first-order valence-corrected chi connectivity index (χ1v) is 5.35. The van der Waals surface area contributed by atoms with Gasteiger partial charge in [0.2, 0.25) is 0 Å². The van der Waals surface area contributed by atoms with Crippen molar-refractivity contribution in [1.82, 2.24) is 0 Å². The highest BCUT2D eigenvalue weighted by atomic mass is 79.9. The molecular weight excluding hydrogens is 188 g/mol. The van der Waals surface area contributed by atoms with Gasteiger partial charge < -0.3 is 0 Å². The van der Waals surface area contributed by atoms with Gasteiger partial charge in [-0.05, 0) is 24.2 Å². The molecule has 1 heteroatoms. The highest BCUT2D eigenvalue weighted by Gasteiger charge is 2.30. The Kier molecular flexibility index (Phi) is 2.79. The van der Waals surface area contributed by atoms with Gasteiger partial charge in [0.1, 0.15) is 0 Å². The summed E-state index contributed by atoms with van der Waals surface area (Å²) >= 11 is 3.59. The second-order valence-corrected chi connectivity index (χ2v) is 4.73. The quantitative estimate of drug-likeness (QED) is 0.574. The van der Waals surface area contributed by atoms with Crippen LogP contribution in [0.2, 0.25) is 0 Å². The van der Waals surface area contributed by atoms with Crippen LogP contribution in [0.3, 0.4) is 0 Å². The number of hydrogen-bond donors (Lipinski definition) is 0. The minimum absolute atomic E-state index is 0.599. The van der Waals surface area contributed by atoms with Crippen molar-refractivity contribution >= 4 is 15.9 Å². The van der Waals surface area contributed by atoms with Gasteiger partial charge in [-0.1, -0.05) is 42.6 Å². The van der Waals surface area contributed by atoms with E-state index in [2.05, 4.69) is 29.8 Å². The lowest BCUT2D eigenvalue weighted by atomic mass is 9.70. The van der Waals surface area contributed by atoms with Crippen molar-refractivity contribution in [1.29, 1.82) is 0 Å². The molecule has 60 valence electrons. The molecule has 0 aromatic carbocycles. The van der Waals surface area contributed by atoms with E-state index in [1.54, 1.807) is 0 Å². The summed E-state index contributed by atoms with van der Waals surface area (Å²) < 4.78 is 0. The van der Waals surface area contributed by atoms with Gasteiger partial charge in [0, 0.05) is 5.33 Å². The first-order chi connectivity index (χ1) is 4.67. The highest BCUT2D eigenvalue weighted by molar-refractivity contribution is 9.09. The minimum atomic E-state index is 0.599. The fraction of sp³-hybridized carbons (Fsp3) is 1.00. The lowest BCUT2D eigenvalue weighted by Crippen LogP contribution is -2.28. The van der Waals surface area contributed by atoms with E-state index in [0.717, 1.165) is 5.92 Å². The minimum Gasteiger partial charge on any atom is -0.0925 e. The summed E-state index contributed by atoms with van der Waals surface area (Å²) in [7, 11) is 0. The van der Waals surface area contributed by atoms with E-state index in [9.17, 15) is 0 Å². The molecule has 0 aromatic rings. The molecule has 0 bridgehead atoms. The van der Waals surface area contributed by atoms with E-state index in [1.165, 1.54) is 31.0 Å². The first kappa shape index (κ1) is 8.58. The molecule has 1 fully saturated rings. The standard InChI is InChI=1S/C9H17Br/c1-9(2)6-4-3-5-8(9)7-10/h8H,3-7H2,1-2H3/t8-/m1/s1. The highest BCUT2D eigenvalue weighted by Crippen LogP contribution is 2.41. The smallest absolute Gasteiger partial charge is 0.00647 e. The maximum atomic E-state index is 3.59. The Bertz CT molecular complexity index is 107. The third-order valence-corrected chi connectivity index (χ3v) is 3.70. The van der Waals surface area contributed by atoms with Gasteiger partial charge in [0.15, 0.2) is 0 Å². The van der Waals surface area contributed by atoms with Crippen LogP contribution in [0.25, 0.3) is 0 Å². The van der Waals surface area contributed by atoms with Crippen LogP contribution in [-0.2, 0) is 0 Å². The van der Waals surface area contributed by atoms with Crippen LogP contribution in [0.15, 0.2) is 0 Å². The van der Waals surface area contributed by atoms with E-state index < -0.39 is 0 Å². The van der Waals surface area contributed by atoms with E-state index in [-0.39, 0.29) is 0 Å². The summed E-state index contributed by atoms with van der Waals surface area (Å²) in [4.78, 5) is 0. The topological polar surface area (TPSA) is 0 Å². The zero-order chi connectivity index (χ0) is 7.61. The lowest BCUT2D eigenvalue weighted by Gasteiger charge is -2.37. The summed E-state index contributed by atoms with van der Waals surface area (Å²) in [5.74, 6) is 0.918. The fourth-order valence-electron chi connectivity index (χ4n) is 1.85. The zero-order valence-corrected chi connectivity index (χ0v) is 8.58. The third kappa shape index (κ3) is 1.75. The van der Waals surface area contributed by atoms with Crippen molar-refractivity contribution in [3.8, 4) is 0 Å². The van der Waals surface area contributed by atoms with Crippen LogP contribution in [0.1, 0.15) is 39.5 Å². The molecule has 0 spiro atoms. The molecule has 1 saturated carbocycles. The molecule has 0 heterocycles. The maximum Gasteiger partial charge on any atom is 0.00647 e. The molecule has 1 rings (SSSR count). The SMILES string of the molecule is CC1(C)CCCC[C@@H]1CBr. The molecule has 10 heavy (non-hydrogen) atoms. The summed E-state index contributed by atoms with van der Waals surface area (Å²) in [5.41, 5.74) is 0.599. The molecule has 0 nitrogen and oxygen atoms in total. The average Bonchev–Trinajstić information content (AvgIpc) is 1.87. The van der Waals surface area contributed by atoms with E-state index in [0.29, 0.717) is 5.41 Å². The summed E-state index contributed by atoms with van der Waals surface area (Å²) in [6.45, 7) is 4.80. The van der Waals surface area contributed by atoms with Gasteiger partial charge in [-0.2, -0.15) is 0 Å². The van der Waals surface area contributed by atoms with Gasteiger partial charge >= 0.3 is 0 Å². The van der Waals surface area contributed by atoms with Crippen LogP contribution in [0.5, 0.6) is 0 Å². The van der Waals surface area contributed by atoms with E-state index in [4.69, 9.17) is 0 Å². The van der Waals surface area contributed by atoms with Crippen molar-refractivity contribution in [3.05, 3.63) is 0 Å². The number of alkyl halides is 1. The zero-order valence-electron chi connectivity index (χ0n) is 6.99. The fourth-order valence-corrected chi connectivity index (χ4v) is 3.05. The molecule has 0 unspecified atom stereocenters. The Balaban J connectivity index is 2.51. The molecule has 1 aliphatic carbocycles. The predicted molar refractivity (Wildman–Crippen MR) is 49.5 cm³/mol. The normalized spacial score (nSPS) is 32.1. The second kappa shape index (κ2) is 3.25. The van der Waals surface area contributed by atoms with Crippen molar-refractivity contribution in [2.45, 2.75) is 39.5 Å². The average molecular weight is 205 g/mol. The van der Waals surface area contributed by atoms with E-state index in [1.807, 2.05) is 0 Å². The Morgan fingerprint density at radius 2 is 2.10 bits per heavy atom. The molecule has 0 radical (unpaired) electrons. The van der Waals surface area contributed by atoms with Gasteiger partial charge in [0.05, 0.1) is 0 Å². The van der Waals surface area contributed by atoms with Crippen LogP contribution in [0.4, 0.5) is 0 Å². The number of rotatable bonds is 1. The molecule has 1 aliphatic rings. The Morgan fingerprint density at radius 3 is 2.50 bits per heavy atom. The Hall–Kier alpha value is 0.480. The molecule has 0 aromatic heterocycles. The van der Waals surface area contributed by atoms with Crippen LogP contribution in [0, 0.1) is 11.3 Å². The van der Waals surface area contributed by atoms with Crippen molar-refractivity contribution in [2.75, 3.05) is 5.33 Å². The largest absolute Gasteiger partial charge is 0.0925 e. The molecule has 0 saturated heterocycles. The molecule has 0 amide bonds. The maximum absolute atomic E-state index is 3.59. The molecule has 0 aliphatic heterocycles.